The summed E-state index contributed by atoms with van der Waals surface area (Å²) in [5.74, 6) is -0.0394. The van der Waals surface area contributed by atoms with E-state index in [-0.39, 0.29) is 11.8 Å². The first-order valence-corrected chi connectivity index (χ1v) is 12.6. The first kappa shape index (κ1) is 22.0. The van der Waals surface area contributed by atoms with E-state index in [2.05, 4.69) is 29.0 Å². The zero-order chi connectivity index (χ0) is 22.7. The minimum Gasteiger partial charge on any atom is -0.338 e. The summed E-state index contributed by atoms with van der Waals surface area (Å²) in [4.78, 5) is 19.9. The number of likely N-dealkylation sites (tertiary alicyclic amines) is 1. The molecule has 166 valence electrons. The molecule has 0 bridgehead atoms. The van der Waals surface area contributed by atoms with Crippen molar-refractivity contribution in [2.75, 3.05) is 24.1 Å². The van der Waals surface area contributed by atoms with Gasteiger partial charge < -0.3 is 4.90 Å². The fraction of sp³-hybridized carbons (Fsp3) is 0.280. The third-order valence-electron chi connectivity index (χ3n) is 5.66. The maximum Gasteiger partial charge on any atom is 0.256 e. The Kier molecular flexibility index (Phi) is 6.28. The third-order valence-corrected chi connectivity index (χ3v) is 6.25. The molecule has 1 aliphatic rings. The van der Waals surface area contributed by atoms with E-state index >= 15 is 0 Å². The highest BCUT2D eigenvalue weighted by molar-refractivity contribution is 7.92. The average Bonchev–Trinajstić information content (AvgIpc) is 2.78. The summed E-state index contributed by atoms with van der Waals surface area (Å²) in [6.45, 7) is 3.19. The van der Waals surface area contributed by atoms with Crippen LogP contribution < -0.4 is 4.72 Å². The lowest BCUT2D eigenvalue weighted by molar-refractivity contribution is 0.0707. The van der Waals surface area contributed by atoms with Gasteiger partial charge in [0.05, 0.1) is 17.5 Å². The van der Waals surface area contributed by atoms with E-state index in [1.807, 2.05) is 30.0 Å². The molecule has 0 saturated carbocycles. The van der Waals surface area contributed by atoms with Gasteiger partial charge in [0.2, 0.25) is 10.0 Å². The second kappa shape index (κ2) is 9.12. The Balaban J connectivity index is 1.59. The minimum atomic E-state index is -3.48. The van der Waals surface area contributed by atoms with Crippen LogP contribution >= 0.6 is 0 Å². The fourth-order valence-electron chi connectivity index (χ4n) is 4.23. The highest BCUT2D eigenvalue weighted by Gasteiger charge is 2.28. The van der Waals surface area contributed by atoms with Gasteiger partial charge in [-0.2, -0.15) is 0 Å². The SMILES string of the molecule is Cc1cc(-c2ccccc2)cc([C@H]2CCCN(C(=O)c3ccccc3NS(C)(=O)=O)C2)n1. The predicted octanol–water partition coefficient (Wildman–Crippen LogP) is 4.45. The van der Waals surface area contributed by atoms with Gasteiger partial charge in [0.1, 0.15) is 0 Å². The molecule has 4 rings (SSSR count). The molecule has 1 N–H and O–H groups in total. The number of aromatic nitrogens is 1. The van der Waals surface area contributed by atoms with Crippen LogP contribution in [0.5, 0.6) is 0 Å². The Bertz CT molecular complexity index is 1230. The molecule has 1 aromatic heterocycles. The summed E-state index contributed by atoms with van der Waals surface area (Å²) in [6.07, 6.45) is 2.91. The van der Waals surface area contributed by atoms with Gasteiger partial charge in [-0.05, 0) is 55.2 Å². The molecule has 0 spiro atoms. The minimum absolute atomic E-state index is 0.130. The van der Waals surface area contributed by atoms with Crippen LogP contribution in [0.4, 0.5) is 5.69 Å². The summed E-state index contributed by atoms with van der Waals surface area (Å²) < 4.78 is 25.9. The van der Waals surface area contributed by atoms with Crippen LogP contribution in [0, 0.1) is 6.92 Å². The summed E-state index contributed by atoms with van der Waals surface area (Å²) in [5, 5.41) is 0. The molecule has 0 radical (unpaired) electrons. The Labute approximate surface area is 189 Å². The summed E-state index contributed by atoms with van der Waals surface area (Å²) in [5.41, 5.74) is 4.88. The number of para-hydroxylation sites is 1. The predicted molar refractivity (Wildman–Crippen MR) is 127 cm³/mol. The number of rotatable bonds is 5. The van der Waals surface area contributed by atoms with Gasteiger partial charge in [-0.15, -0.1) is 0 Å². The normalized spacial score (nSPS) is 16.6. The van der Waals surface area contributed by atoms with Crippen LogP contribution in [0.3, 0.4) is 0 Å². The summed E-state index contributed by atoms with van der Waals surface area (Å²) in [6, 6.07) is 21.2. The molecule has 3 aromatic rings. The van der Waals surface area contributed by atoms with Crippen molar-refractivity contribution in [2.45, 2.75) is 25.7 Å². The number of hydrogen-bond donors (Lipinski definition) is 1. The van der Waals surface area contributed by atoms with Crippen LogP contribution in [0.25, 0.3) is 11.1 Å². The van der Waals surface area contributed by atoms with Gasteiger partial charge in [0, 0.05) is 30.4 Å². The van der Waals surface area contributed by atoms with Crippen LogP contribution in [0.1, 0.15) is 40.5 Å². The van der Waals surface area contributed by atoms with Crippen molar-refractivity contribution >= 4 is 21.6 Å². The number of carbonyl (C=O) groups is 1. The Morgan fingerprint density at radius 1 is 1.03 bits per heavy atom. The first-order chi connectivity index (χ1) is 15.3. The molecule has 32 heavy (non-hydrogen) atoms. The smallest absolute Gasteiger partial charge is 0.256 e. The number of benzene rings is 2. The highest BCUT2D eigenvalue weighted by Crippen LogP contribution is 2.31. The molecule has 0 aliphatic carbocycles. The second-order valence-corrected chi connectivity index (χ2v) is 10.0. The molecule has 1 atom stereocenters. The second-order valence-electron chi connectivity index (χ2n) is 8.30. The number of nitrogens with one attached hydrogen (secondary N) is 1. The number of carbonyl (C=O) groups excluding carboxylic acids is 1. The first-order valence-electron chi connectivity index (χ1n) is 10.7. The molecular formula is C25H27N3O3S. The molecule has 7 heteroatoms. The number of sulfonamides is 1. The van der Waals surface area contributed by atoms with Crippen molar-refractivity contribution in [1.82, 2.24) is 9.88 Å². The lowest BCUT2D eigenvalue weighted by Crippen LogP contribution is -2.39. The van der Waals surface area contributed by atoms with E-state index in [0.29, 0.717) is 24.3 Å². The summed E-state index contributed by atoms with van der Waals surface area (Å²) in [7, 11) is -3.48. The van der Waals surface area contributed by atoms with E-state index in [9.17, 15) is 13.2 Å². The van der Waals surface area contributed by atoms with Gasteiger partial charge in [0.15, 0.2) is 0 Å². The zero-order valence-electron chi connectivity index (χ0n) is 18.3. The highest BCUT2D eigenvalue weighted by atomic mass is 32.2. The molecule has 1 amide bonds. The van der Waals surface area contributed by atoms with Crippen molar-refractivity contribution in [3.63, 3.8) is 0 Å². The van der Waals surface area contributed by atoms with Crippen LogP contribution in [0.2, 0.25) is 0 Å². The number of anilines is 1. The number of amides is 1. The van der Waals surface area contributed by atoms with Crippen LogP contribution in [0.15, 0.2) is 66.7 Å². The topological polar surface area (TPSA) is 79.4 Å². The largest absolute Gasteiger partial charge is 0.338 e. The standard InChI is InChI=1S/C25H27N3O3S/c1-18-15-21(19-9-4-3-5-10-19)16-24(26-18)20-11-8-14-28(17-20)25(29)22-12-6-7-13-23(22)27-32(2,30)31/h3-7,9-10,12-13,15-16,20,27H,8,11,14,17H2,1-2H3/t20-/m0/s1. The monoisotopic (exact) mass is 449 g/mol. The number of nitrogens with zero attached hydrogens (tertiary/aromatic N) is 2. The maximum absolute atomic E-state index is 13.3. The Morgan fingerprint density at radius 2 is 1.75 bits per heavy atom. The van der Waals surface area contributed by atoms with Crippen molar-refractivity contribution in [1.29, 1.82) is 0 Å². The molecule has 1 saturated heterocycles. The molecule has 0 unspecified atom stereocenters. The molecular weight excluding hydrogens is 422 g/mol. The number of hydrogen-bond acceptors (Lipinski definition) is 4. The van der Waals surface area contributed by atoms with Crippen molar-refractivity contribution < 1.29 is 13.2 Å². The molecule has 1 fully saturated rings. The number of aryl methyl sites for hydroxylation is 1. The van der Waals surface area contributed by atoms with Gasteiger partial charge in [-0.1, -0.05) is 42.5 Å². The molecule has 2 heterocycles. The number of piperidine rings is 1. The Hall–Kier alpha value is -3.19. The molecule has 2 aromatic carbocycles. The van der Waals surface area contributed by atoms with E-state index in [4.69, 9.17) is 4.98 Å². The van der Waals surface area contributed by atoms with E-state index < -0.39 is 10.0 Å². The lowest BCUT2D eigenvalue weighted by atomic mass is 9.91. The van der Waals surface area contributed by atoms with Gasteiger partial charge in [-0.3, -0.25) is 14.5 Å². The lowest BCUT2D eigenvalue weighted by Gasteiger charge is -2.33. The number of pyridine rings is 1. The van der Waals surface area contributed by atoms with Gasteiger partial charge in [-0.25, -0.2) is 8.42 Å². The van der Waals surface area contributed by atoms with E-state index in [1.54, 1.807) is 24.3 Å². The summed E-state index contributed by atoms with van der Waals surface area (Å²) >= 11 is 0. The maximum atomic E-state index is 13.3. The van der Waals surface area contributed by atoms with E-state index in [1.165, 1.54) is 0 Å². The fourth-order valence-corrected chi connectivity index (χ4v) is 4.81. The van der Waals surface area contributed by atoms with Crippen molar-refractivity contribution in [2.24, 2.45) is 0 Å². The van der Waals surface area contributed by atoms with Crippen molar-refractivity contribution in [3.05, 3.63) is 83.7 Å². The molecule has 6 nitrogen and oxygen atoms in total. The van der Waals surface area contributed by atoms with E-state index in [0.717, 1.165) is 41.6 Å². The van der Waals surface area contributed by atoms with Gasteiger partial charge >= 0.3 is 0 Å². The van der Waals surface area contributed by atoms with Gasteiger partial charge in [0.25, 0.3) is 5.91 Å². The Morgan fingerprint density at radius 3 is 2.50 bits per heavy atom. The zero-order valence-corrected chi connectivity index (χ0v) is 19.1. The van der Waals surface area contributed by atoms with Crippen LogP contribution in [-0.4, -0.2) is 43.6 Å². The van der Waals surface area contributed by atoms with Crippen LogP contribution in [-0.2, 0) is 10.0 Å². The molecule has 1 aliphatic heterocycles. The average molecular weight is 450 g/mol. The quantitative estimate of drug-likeness (QED) is 0.624. The van der Waals surface area contributed by atoms with Crippen molar-refractivity contribution in [3.8, 4) is 11.1 Å². The third kappa shape index (κ3) is 5.16.